The number of ether oxygens (including phenoxy) is 1. The molecule has 0 N–H and O–H groups in total. The zero-order chi connectivity index (χ0) is 14.1. The molecule has 0 spiro atoms. The minimum absolute atomic E-state index is 0.0782. The van der Waals surface area contributed by atoms with Gasteiger partial charge < -0.3 is 4.74 Å². The lowest BCUT2D eigenvalue weighted by Gasteiger charge is -2.25. The van der Waals surface area contributed by atoms with E-state index in [1.54, 1.807) is 0 Å². The maximum atomic E-state index is 11.3. The van der Waals surface area contributed by atoms with E-state index in [1.807, 2.05) is 13.8 Å². The van der Waals surface area contributed by atoms with Crippen LogP contribution in [0.5, 0.6) is 5.75 Å². The highest BCUT2D eigenvalue weighted by Gasteiger charge is 2.24. The van der Waals surface area contributed by atoms with E-state index in [1.165, 1.54) is 6.92 Å². The minimum atomic E-state index is -0.298. The van der Waals surface area contributed by atoms with Crippen molar-refractivity contribution in [2.75, 3.05) is 0 Å². The number of esters is 1. The molecule has 0 bridgehead atoms. The summed E-state index contributed by atoms with van der Waals surface area (Å²) < 4.78 is 5.40. The standard InChI is InChI=1S/C15H21ClO2/c1-9-7-13(15(4,5)6)14(18-11(3)17)10(2)12(9)8-16/h7H,8H2,1-6H3. The van der Waals surface area contributed by atoms with Crippen LogP contribution in [0.15, 0.2) is 6.07 Å². The van der Waals surface area contributed by atoms with Crippen molar-refractivity contribution in [3.8, 4) is 5.75 Å². The zero-order valence-corrected chi connectivity index (χ0v) is 12.7. The highest BCUT2D eigenvalue weighted by molar-refractivity contribution is 6.17. The number of hydrogen-bond donors (Lipinski definition) is 0. The maximum absolute atomic E-state index is 11.3. The third-order valence-corrected chi connectivity index (χ3v) is 3.33. The number of rotatable bonds is 2. The topological polar surface area (TPSA) is 26.3 Å². The Morgan fingerprint density at radius 3 is 2.28 bits per heavy atom. The van der Waals surface area contributed by atoms with Crippen molar-refractivity contribution < 1.29 is 9.53 Å². The lowest BCUT2D eigenvalue weighted by atomic mass is 9.83. The molecular weight excluding hydrogens is 248 g/mol. The monoisotopic (exact) mass is 268 g/mol. The van der Waals surface area contributed by atoms with Gasteiger partial charge in [-0.2, -0.15) is 0 Å². The van der Waals surface area contributed by atoms with Gasteiger partial charge in [0.15, 0.2) is 0 Å². The smallest absolute Gasteiger partial charge is 0.308 e. The first-order valence-corrected chi connectivity index (χ1v) is 6.60. The Labute approximate surface area is 114 Å². The summed E-state index contributed by atoms with van der Waals surface area (Å²) in [5.74, 6) is 0.792. The van der Waals surface area contributed by atoms with Crippen molar-refractivity contribution in [1.29, 1.82) is 0 Å². The van der Waals surface area contributed by atoms with Gasteiger partial charge in [0.25, 0.3) is 0 Å². The molecule has 18 heavy (non-hydrogen) atoms. The predicted octanol–water partition coefficient (Wildman–Crippen LogP) is 4.27. The summed E-state index contributed by atoms with van der Waals surface area (Å²) >= 11 is 5.97. The van der Waals surface area contributed by atoms with Crippen molar-refractivity contribution >= 4 is 17.6 Å². The third-order valence-electron chi connectivity index (χ3n) is 3.06. The first-order chi connectivity index (χ1) is 8.18. The van der Waals surface area contributed by atoms with Crippen LogP contribution in [0.1, 0.15) is 49.9 Å². The molecule has 0 atom stereocenters. The van der Waals surface area contributed by atoms with Crippen LogP contribution in [-0.2, 0) is 16.1 Å². The van der Waals surface area contributed by atoms with Crippen molar-refractivity contribution in [1.82, 2.24) is 0 Å². The number of aryl methyl sites for hydroxylation is 1. The van der Waals surface area contributed by atoms with Crippen LogP contribution < -0.4 is 4.74 Å². The van der Waals surface area contributed by atoms with Crippen molar-refractivity contribution in [3.05, 3.63) is 28.3 Å². The third kappa shape index (κ3) is 3.05. The first-order valence-electron chi connectivity index (χ1n) is 6.06. The van der Waals surface area contributed by atoms with Gasteiger partial charge >= 0.3 is 5.97 Å². The Morgan fingerprint density at radius 1 is 1.33 bits per heavy atom. The highest BCUT2D eigenvalue weighted by Crippen LogP contribution is 2.37. The molecule has 0 saturated carbocycles. The summed E-state index contributed by atoms with van der Waals surface area (Å²) in [5, 5.41) is 0. The van der Waals surface area contributed by atoms with Gasteiger partial charge in [-0.3, -0.25) is 4.79 Å². The van der Waals surface area contributed by atoms with Gasteiger partial charge in [0.1, 0.15) is 5.75 Å². The van der Waals surface area contributed by atoms with E-state index in [4.69, 9.17) is 16.3 Å². The molecule has 3 heteroatoms. The normalized spacial score (nSPS) is 11.5. The molecule has 0 heterocycles. The molecule has 2 nitrogen and oxygen atoms in total. The molecule has 100 valence electrons. The molecule has 1 aromatic rings. The Kier molecular flexibility index (Phi) is 4.44. The fraction of sp³-hybridized carbons (Fsp3) is 0.533. The largest absolute Gasteiger partial charge is 0.426 e. The van der Waals surface area contributed by atoms with E-state index >= 15 is 0 Å². The lowest BCUT2D eigenvalue weighted by Crippen LogP contribution is -2.17. The van der Waals surface area contributed by atoms with Crippen LogP contribution in [0, 0.1) is 13.8 Å². The summed E-state index contributed by atoms with van der Waals surface area (Å²) in [6, 6.07) is 2.07. The Morgan fingerprint density at radius 2 is 1.89 bits per heavy atom. The van der Waals surface area contributed by atoms with Crippen LogP contribution in [0.2, 0.25) is 0 Å². The van der Waals surface area contributed by atoms with Gasteiger partial charge in [0.05, 0.1) is 0 Å². The number of carbonyl (C=O) groups excluding carboxylic acids is 1. The van der Waals surface area contributed by atoms with Crippen LogP contribution in [-0.4, -0.2) is 5.97 Å². The van der Waals surface area contributed by atoms with Gasteiger partial charge in [0, 0.05) is 18.4 Å². The molecule has 0 fully saturated rings. The van der Waals surface area contributed by atoms with E-state index in [2.05, 4.69) is 26.8 Å². The molecule has 0 aromatic heterocycles. The molecule has 0 radical (unpaired) electrons. The zero-order valence-electron chi connectivity index (χ0n) is 12.0. The number of carbonyl (C=O) groups is 1. The average Bonchev–Trinajstić information content (AvgIpc) is 2.20. The van der Waals surface area contributed by atoms with Gasteiger partial charge in [-0.1, -0.05) is 26.8 Å². The predicted molar refractivity (Wildman–Crippen MR) is 75.5 cm³/mol. The second kappa shape index (κ2) is 5.31. The fourth-order valence-electron chi connectivity index (χ4n) is 2.04. The van der Waals surface area contributed by atoms with E-state index < -0.39 is 0 Å². The minimum Gasteiger partial charge on any atom is -0.426 e. The second-order valence-corrected chi connectivity index (χ2v) is 5.92. The number of halogens is 1. The number of hydrogen-bond acceptors (Lipinski definition) is 2. The van der Waals surface area contributed by atoms with E-state index in [0.29, 0.717) is 11.6 Å². The van der Waals surface area contributed by atoms with Gasteiger partial charge in [0.2, 0.25) is 0 Å². The van der Waals surface area contributed by atoms with Crippen LogP contribution in [0.3, 0.4) is 0 Å². The quantitative estimate of drug-likeness (QED) is 0.455. The Hall–Kier alpha value is -1.02. The second-order valence-electron chi connectivity index (χ2n) is 5.65. The fourth-order valence-corrected chi connectivity index (χ4v) is 2.45. The average molecular weight is 269 g/mol. The molecule has 1 rings (SSSR count). The SMILES string of the molecule is CC(=O)Oc1c(C(C)(C)C)cc(C)c(CCl)c1C. The van der Waals surface area contributed by atoms with Gasteiger partial charge in [-0.25, -0.2) is 0 Å². The molecule has 1 aromatic carbocycles. The Bertz CT molecular complexity index is 470. The van der Waals surface area contributed by atoms with Crippen LogP contribution in [0.25, 0.3) is 0 Å². The van der Waals surface area contributed by atoms with Crippen molar-refractivity contribution in [2.45, 2.75) is 52.8 Å². The molecular formula is C15H21ClO2. The number of benzene rings is 1. The maximum Gasteiger partial charge on any atom is 0.308 e. The summed E-state index contributed by atoms with van der Waals surface area (Å²) in [5.41, 5.74) is 4.11. The molecule has 0 aliphatic carbocycles. The molecule has 0 saturated heterocycles. The summed E-state index contributed by atoms with van der Waals surface area (Å²) in [6.45, 7) is 11.7. The first kappa shape index (κ1) is 15.0. The van der Waals surface area contributed by atoms with E-state index in [-0.39, 0.29) is 11.4 Å². The molecule has 0 aliphatic heterocycles. The molecule has 0 aliphatic rings. The van der Waals surface area contributed by atoms with E-state index in [9.17, 15) is 4.79 Å². The highest BCUT2D eigenvalue weighted by atomic mass is 35.5. The summed E-state index contributed by atoms with van der Waals surface area (Å²) in [4.78, 5) is 11.3. The van der Waals surface area contributed by atoms with Gasteiger partial charge in [-0.15, -0.1) is 11.6 Å². The summed E-state index contributed by atoms with van der Waals surface area (Å²) in [6.07, 6.45) is 0. The van der Waals surface area contributed by atoms with Crippen molar-refractivity contribution in [2.24, 2.45) is 0 Å². The van der Waals surface area contributed by atoms with Crippen molar-refractivity contribution in [3.63, 3.8) is 0 Å². The lowest BCUT2D eigenvalue weighted by molar-refractivity contribution is -0.132. The van der Waals surface area contributed by atoms with Crippen LogP contribution >= 0.6 is 11.6 Å². The van der Waals surface area contributed by atoms with Gasteiger partial charge in [-0.05, 0) is 36.0 Å². The van der Waals surface area contributed by atoms with E-state index in [0.717, 1.165) is 22.3 Å². The number of alkyl halides is 1. The molecule has 0 amide bonds. The molecule has 0 unspecified atom stereocenters. The van der Waals surface area contributed by atoms with Crippen LogP contribution in [0.4, 0.5) is 0 Å². The Balaban J connectivity index is 3.55. The summed E-state index contributed by atoms with van der Waals surface area (Å²) in [7, 11) is 0.